The highest BCUT2D eigenvalue weighted by atomic mass is 32.1. The van der Waals surface area contributed by atoms with Crippen molar-refractivity contribution in [2.24, 2.45) is 0 Å². The molecule has 38 heavy (non-hydrogen) atoms. The Morgan fingerprint density at radius 1 is 0.579 bits per heavy atom. The molecule has 12 heteroatoms. The Labute approximate surface area is 244 Å². The molecule has 6 aromatic rings. The van der Waals surface area contributed by atoms with Crippen LogP contribution in [0.15, 0.2) is 24.3 Å². The molecule has 2 aliphatic heterocycles. The summed E-state index contributed by atoms with van der Waals surface area (Å²) in [5.41, 5.74) is 2.40. The minimum absolute atomic E-state index is 0.547. The molecule has 8 heterocycles. The van der Waals surface area contributed by atoms with Gasteiger partial charge >= 0.3 is 16.1 Å². The van der Waals surface area contributed by atoms with Crippen molar-refractivity contribution < 1.29 is 18.8 Å². The fourth-order valence-electron chi connectivity index (χ4n) is 4.94. The molecule has 0 aromatic carbocycles. The molecule has 0 N–H and O–H groups in total. The van der Waals surface area contributed by atoms with Crippen LogP contribution in [0.25, 0.3) is 48.4 Å². The monoisotopic (exact) mass is 604 g/mol. The second kappa shape index (κ2) is 8.64. The van der Waals surface area contributed by atoms with Crippen molar-refractivity contribution in [3.63, 3.8) is 0 Å². The average molecular weight is 604 g/mol. The van der Waals surface area contributed by atoms with Gasteiger partial charge in [-0.25, -0.2) is 0 Å². The molecule has 184 valence electrons. The van der Waals surface area contributed by atoms with Gasteiger partial charge in [-0.1, -0.05) is 0 Å². The number of aryl methyl sites for hydroxylation is 2. The van der Waals surface area contributed by atoms with E-state index in [2.05, 4.69) is 26.0 Å². The minimum Gasteiger partial charge on any atom is -0.567 e. The highest BCUT2D eigenvalue weighted by molar-refractivity contribution is 7.35. The lowest BCUT2D eigenvalue weighted by Gasteiger charge is -2.14. The van der Waals surface area contributed by atoms with Crippen molar-refractivity contribution in [2.45, 2.75) is 27.1 Å². The maximum Gasteiger partial charge on any atom is 0.374 e. The quantitative estimate of drug-likeness (QED) is 0.188. The molecule has 0 amide bonds. The summed E-state index contributed by atoms with van der Waals surface area (Å²) < 4.78 is 25.4. The highest BCUT2D eigenvalue weighted by Crippen LogP contribution is 2.62. The largest absolute Gasteiger partial charge is 0.567 e. The summed E-state index contributed by atoms with van der Waals surface area (Å²) in [5.74, 6) is 3.38. The van der Waals surface area contributed by atoms with Gasteiger partial charge in [-0.05, 0) is 38.1 Å². The Kier molecular flexibility index (Phi) is 5.38. The molecule has 0 atom stereocenters. The number of hydrogen-bond donors (Lipinski definition) is 0. The van der Waals surface area contributed by atoms with Gasteiger partial charge in [0.1, 0.15) is 24.7 Å². The van der Waals surface area contributed by atoms with E-state index in [4.69, 9.17) is 34.9 Å². The summed E-state index contributed by atoms with van der Waals surface area (Å²) in [6.45, 7) is 5.23. The van der Waals surface area contributed by atoms with E-state index in [0.717, 1.165) is 51.9 Å². The average Bonchev–Trinajstić information content (AvgIpc) is 3.72. The van der Waals surface area contributed by atoms with Gasteiger partial charge in [0.15, 0.2) is 11.5 Å². The fourth-order valence-corrected chi connectivity index (χ4v) is 12.4. The normalized spacial score (nSPS) is 13.4. The molecular weight excluding hydrogens is 590 g/mol. The van der Waals surface area contributed by atoms with Gasteiger partial charge in [0.2, 0.25) is 0 Å². The fraction of sp³-hybridized carbons (Fsp3) is 0.154. The Hall–Kier alpha value is -2.21. The van der Waals surface area contributed by atoms with Gasteiger partial charge < -0.3 is 18.8 Å². The molecule has 8 rings (SSSR count). The highest BCUT2D eigenvalue weighted by Gasteiger charge is 2.33. The molecule has 2 aliphatic rings. The van der Waals surface area contributed by atoms with Gasteiger partial charge in [-0.2, -0.15) is 0 Å². The topological polar surface area (TPSA) is 36.9 Å². The summed E-state index contributed by atoms with van der Waals surface area (Å²) in [4.78, 5) is 11.6. The zero-order valence-corrected chi connectivity index (χ0v) is 24.9. The van der Waals surface area contributed by atoms with Crippen LogP contribution in [0.4, 0.5) is 0 Å². The molecule has 0 saturated heterocycles. The number of hydrogen-bond acceptors (Lipinski definition) is 10. The van der Waals surface area contributed by atoms with Crippen LogP contribution in [0, 0.1) is 13.8 Å². The Balaban J connectivity index is 1.23. The number of fused-ring (bicyclic) bond motifs is 9. The Morgan fingerprint density at radius 3 is 1.45 bits per heavy atom. The van der Waals surface area contributed by atoms with Crippen molar-refractivity contribution in [3.8, 4) is 62.0 Å². The summed E-state index contributed by atoms with van der Waals surface area (Å²) in [7, 11) is 11.1. The summed E-state index contributed by atoms with van der Waals surface area (Å²) >= 11 is 10.5. The molecule has 0 saturated carbocycles. The van der Waals surface area contributed by atoms with Crippen molar-refractivity contribution in [2.75, 3.05) is 0 Å². The predicted octanol–water partition coefficient (Wildman–Crippen LogP) is 9.20. The van der Waals surface area contributed by atoms with Crippen molar-refractivity contribution in [1.29, 1.82) is 0 Å². The number of ether oxygens (including phenoxy) is 2. The molecular formula is C26H14B2O4S6. The molecule has 0 unspecified atom stereocenters. The third kappa shape index (κ3) is 3.37. The van der Waals surface area contributed by atoms with E-state index < -0.39 is 0 Å². The molecule has 6 aromatic heterocycles. The van der Waals surface area contributed by atoms with Gasteiger partial charge in [-0.3, -0.25) is 0 Å². The van der Waals surface area contributed by atoms with E-state index in [1.165, 1.54) is 40.4 Å². The summed E-state index contributed by atoms with van der Waals surface area (Å²) in [6.07, 6.45) is 0. The minimum atomic E-state index is 0.547. The van der Waals surface area contributed by atoms with Gasteiger partial charge in [0.05, 0.1) is 38.7 Å². The van der Waals surface area contributed by atoms with Crippen LogP contribution in [0.5, 0.6) is 23.0 Å². The van der Waals surface area contributed by atoms with Crippen LogP contribution in [0.3, 0.4) is 0 Å². The molecule has 4 radical (unpaired) electrons. The van der Waals surface area contributed by atoms with E-state index in [1.807, 2.05) is 12.1 Å². The second-order valence-electron chi connectivity index (χ2n) is 9.02. The SMILES string of the molecule is [B]Oc1cc(C)sc1-c1cc2c(s1)-c1sc3c4c(sc3c1OC2)-c1sc(-c2sc(C)cc2O[B])cc1CO4. The second-order valence-corrected chi connectivity index (χ2v) is 15.7. The number of thiophene rings is 6. The standard InChI is InChI=1S/C26H14B2O4S6/c1-9-3-13(31-27)21(33-9)15-5-11-7-29-17-23(19(11)35-15)37-26-18-24(38-25(17)26)20-12(8-30-18)6-16(36-20)22-14(32-28)4-10(2)34-22/h3-6H,7-8H2,1-2H3. The van der Waals surface area contributed by atoms with Crippen LogP contribution in [0.1, 0.15) is 20.9 Å². The van der Waals surface area contributed by atoms with Gasteiger partial charge in [-0.15, -0.1) is 68.0 Å². The Morgan fingerprint density at radius 2 is 1.03 bits per heavy atom. The number of rotatable bonds is 4. The molecule has 4 nitrogen and oxygen atoms in total. The first kappa shape index (κ1) is 23.7. The van der Waals surface area contributed by atoms with Crippen molar-refractivity contribution in [1.82, 2.24) is 0 Å². The summed E-state index contributed by atoms with van der Waals surface area (Å²) in [6, 6.07) is 8.39. The van der Waals surface area contributed by atoms with Crippen LogP contribution in [0.2, 0.25) is 0 Å². The zero-order chi connectivity index (χ0) is 25.7. The van der Waals surface area contributed by atoms with Crippen LogP contribution in [-0.2, 0) is 13.2 Å². The molecule has 0 bridgehead atoms. The van der Waals surface area contributed by atoms with Crippen molar-refractivity contribution >= 4 is 93.5 Å². The van der Waals surface area contributed by atoms with Crippen LogP contribution < -0.4 is 18.8 Å². The van der Waals surface area contributed by atoms with Crippen LogP contribution >= 0.6 is 68.0 Å². The van der Waals surface area contributed by atoms with E-state index in [1.54, 1.807) is 68.0 Å². The molecule has 0 aliphatic carbocycles. The van der Waals surface area contributed by atoms with E-state index >= 15 is 0 Å². The first-order chi connectivity index (χ1) is 18.5. The lowest BCUT2D eigenvalue weighted by atomic mass is 10.1. The zero-order valence-electron chi connectivity index (χ0n) is 20.0. The molecule has 0 spiro atoms. The third-order valence-corrected chi connectivity index (χ3v) is 14.1. The van der Waals surface area contributed by atoms with Crippen molar-refractivity contribution in [3.05, 3.63) is 45.1 Å². The summed E-state index contributed by atoms with van der Waals surface area (Å²) in [5, 5.41) is 0. The predicted molar refractivity (Wildman–Crippen MR) is 164 cm³/mol. The van der Waals surface area contributed by atoms with E-state index in [9.17, 15) is 0 Å². The van der Waals surface area contributed by atoms with Crippen LogP contribution in [-0.4, -0.2) is 16.1 Å². The maximum absolute atomic E-state index is 6.38. The van der Waals surface area contributed by atoms with Gasteiger partial charge in [0.25, 0.3) is 0 Å². The maximum atomic E-state index is 6.38. The van der Waals surface area contributed by atoms with Gasteiger partial charge in [0, 0.05) is 30.6 Å². The first-order valence-corrected chi connectivity index (χ1v) is 16.5. The lowest BCUT2D eigenvalue weighted by molar-refractivity contribution is 0.307. The first-order valence-electron chi connectivity index (χ1n) is 11.6. The smallest absolute Gasteiger partial charge is 0.374 e. The lowest BCUT2D eigenvalue weighted by Crippen LogP contribution is -2.00. The molecule has 0 fully saturated rings. The van der Waals surface area contributed by atoms with E-state index in [-0.39, 0.29) is 0 Å². The van der Waals surface area contributed by atoms with E-state index in [0.29, 0.717) is 13.2 Å². The Bertz CT molecular complexity index is 1760. The third-order valence-electron chi connectivity index (χ3n) is 6.56.